The van der Waals surface area contributed by atoms with E-state index in [0.29, 0.717) is 26.1 Å². The van der Waals surface area contributed by atoms with E-state index >= 15 is 0 Å². The summed E-state index contributed by atoms with van der Waals surface area (Å²) >= 11 is 0. The van der Waals surface area contributed by atoms with Crippen LogP contribution in [-0.4, -0.2) is 41.0 Å². The standard InChI is InChI=1S/C13H14F3N3O2/c14-13(15,16)12-17-3-8(4-18-12)11(20)7-1-9-5-21-6-10(2-7)19-9/h3-4,7,9-10,19H,1-2,5-6H2. The van der Waals surface area contributed by atoms with E-state index in [-0.39, 0.29) is 29.3 Å². The Morgan fingerprint density at radius 2 is 1.76 bits per heavy atom. The molecule has 2 bridgehead atoms. The van der Waals surface area contributed by atoms with Gasteiger partial charge in [0.25, 0.3) is 0 Å². The molecule has 114 valence electrons. The summed E-state index contributed by atoms with van der Waals surface area (Å²) < 4.78 is 42.6. The van der Waals surface area contributed by atoms with Gasteiger partial charge in [-0.25, -0.2) is 9.97 Å². The molecule has 2 aliphatic heterocycles. The molecule has 2 saturated heterocycles. The molecule has 0 spiro atoms. The number of rotatable bonds is 2. The zero-order chi connectivity index (χ0) is 15.0. The molecule has 3 rings (SSSR count). The lowest BCUT2D eigenvalue weighted by molar-refractivity contribution is -0.145. The molecule has 0 aliphatic carbocycles. The molecule has 5 nitrogen and oxygen atoms in total. The molecule has 2 unspecified atom stereocenters. The summed E-state index contributed by atoms with van der Waals surface area (Å²) in [5, 5.41) is 3.36. The topological polar surface area (TPSA) is 64.1 Å². The Kier molecular flexibility index (Phi) is 3.66. The number of morpholine rings is 1. The highest BCUT2D eigenvalue weighted by atomic mass is 19.4. The summed E-state index contributed by atoms with van der Waals surface area (Å²) in [5.74, 6) is -1.64. The van der Waals surface area contributed by atoms with Gasteiger partial charge in [0.2, 0.25) is 5.82 Å². The van der Waals surface area contributed by atoms with Crippen LogP contribution in [0, 0.1) is 5.92 Å². The third-order valence-corrected chi connectivity index (χ3v) is 3.81. The van der Waals surface area contributed by atoms with Crippen LogP contribution in [0.2, 0.25) is 0 Å². The van der Waals surface area contributed by atoms with Crippen molar-refractivity contribution in [1.82, 2.24) is 15.3 Å². The second kappa shape index (κ2) is 5.34. The van der Waals surface area contributed by atoms with Gasteiger partial charge in [0, 0.05) is 30.4 Å². The highest BCUT2D eigenvalue weighted by Gasteiger charge is 2.37. The van der Waals surface area contributed by atoms with Gasteiger partial charge in [-0.05, 0) is 12.8 Å². The van der Waals surface area contributed by atoms with Crippen LogP contribution in [0.1, 0.15) is 29.0 Å². The van der Waals surface area contributed by atoms with Gasteiger partial charge in [-0.15, -0.1) is 0 Å². The number of fused-ring (bicyclic) bond motifs is 2. The zero-order valence-corrected chi connectivity index (χ0v) is 11.1. The Morgan fingerprint density at radius 1 is 1.19 bits per heavy atom. The Balaban J connectivity index is 1.73. The van der Waals surface area contributed by atoms with Crippen molar-refractivity contribution in [3.8, 4) is 0 Å². The number of aromatic nitrogens is 2. The highest BCUT2D eigenvalue weighted by molar-refractivity contribution is 5.97. The first-order valence-electron chi connectivity index (χ1n) is 6.70. The summed E-state index contributed by atoms with van der Waals surface area (Å²) in [4.78, 5) is 18.8. The van der Waals surface area contributed by atoms with Gasteiger partial charge in [-0.3, -0.25) is 4.79 Å². The predicted octanol–water partition coefficient (Wildman–Crippen LogP) is 1.45. The summed E-state index contributed by atoms with van der Waals surface area (Å²) in [6.45, 7) is 1.12. The van der Waals surface area contributed by atoms with E-state index in [1.165, 1.54) is 0 Å². The van der Waals surface area contributed by atoms with Gasteiger partial charge < -0.3 is 10.1 Å². The molecule has 2 fully saturated rings. The van der Waals surface area contributed by atoms with Crippen LogP contribution in [0.5, 0.6) is 0 Å². The van der Waals surface area contributed by atoms with E-state index in [1.807, 2.05) is 0 Å². The number of Topliss-reactive ketones (excluding diaryl/α,β-unsaturated/α-hetero) is 1. The van der Waals surface area contributed by atoms with Crippen LogP contribution in [0.15, 0.2) is 12.4 Å². The largest absolute Gasteiger partial charge is 0.451 e. The molecule has 1 aromatic rings. The fourth-order valence-corrected chi connectivity index (χ4v) is 2.89. The van der Waals surface area contributed by atoms with Crippen LogP contribution in [0.3, 0.4) is 0 Å². The van der Waals surface area contributed by atoms with Crippen molar-refractivity contribution in [3.63, 3.8) is 0 Å². The minimum atomic E-state index is -4.59. The van der Waals surface area contributed by atoms with Gasteiger partial charge in [0.05, 0.1) is 18.8 Å². The molecular formula is C13H14F3N3O2. The lowest BCUT2D eigenvalue weighted by Gasteiger charge is -2.39. The predicted molar refractivity (Wildman–Crippen MR) is 65.6 cm³/mol. The molecule has 21 heavy (non-hydrogen) atoms. The third kappa shape index (κ3) is 3.06. The van der Waals surface area contributed by atoms with Gasteiger partial charge in [-0.1, -0.05) is 0 Å². The van der Waals surface area contributed by atoms with E-state index in [9.17, 15) is 18.0 Å². The van der Waals surface area contributed by atoms with Crippen LogP contribution in [0.25, 0.3) is 0 Å². The van der Waals surface area contributed by atoms with E-state index in [1.54, 1.807) is 0 Å². The molecule has 8 heteroatoms. The van der Waals surface area contributed by atoms with Gasteiger partial charge in [0.15, 0.2) is 5.78 Å². The Hall–Kier alpha value is -1.54. The van der Waals surface area contributed by atoms with Crippen LogP contribution < -0.4 is 5.32 Å². The number of hydrogen-bond acceptors (Lipinski definition) is 5. The number of piperidine rings is 1. The average Bonchev–Trinajstić information content (AvgIpc) is 2.45. The average molecular weight is 301 g/mol. The zero-order valence-electron chi connectivity index (χ0n) is 11.1. The molecule has 0 aromatic carbocycles. The van der Waals surface area contributed by atoms with E-state index in [2.05, 4.69) is 15.3 Å². The first kappa shape index (κ1) is 14.4. The van der Waals surface area contributed by atoms with Crippen LogP contribution in [-0.2, 0) is 10.9 Å². The molecule has 2 atom stereocenters. The lowest BCUT2D eigenvalue weighted by atomic mass is 9.82. The first-order valence-corrected chi connectivity index (χ1v) is 6.70. The Morgan fingerprint density at radius 3 is 2.29 bits per heavy atom. The van der Waals surface area contributed by atoms with Crippen molar-refractivity contribution in [3.05, 3.63) is 23.8 Å². The summed E-state index contributed by atoms with van der Waals surface area (Å²) in [5.41, 5.74) is 0.133. The number of hydrogen-bond donors (Lipinski definition) is 1. The number of ketones is 1. The van der Waals surface area contributed by atoms with Crippen molar-refractivity contribution in [2.45, 2.75) is 31.1 Å². The number of halogens is 3. The summed E-state index contributed by atoms with van der Waals surface area (Å²) in [6, 6.07) is 0.253. The molecule has 0 radical (unpaired) electrons. The molecule has 2 aliphatic rings. The number of ether oxygens (including phenoxy) is 1. The second-order valence-corrected chi connectivity index (χ2v) is 5.42. The van der Waals surface area contributed by atoms with Crippen molar-refractivity contribution < 1.29 is 22.7 Å². The lowest BCUT2D eigenvalue weighted by Crippen LogP contribution is -2.55. The van der Waals surface area contributed by atoms with E-state index in [4.69, 9.17) is 4.74 Å². The monoisotopic (exact) mass is 301 g/mol. The van der Waals surface area contributed by atoms with E-state index < -0.39 is 12.0 Å². The van der Waals surface area contributed by atoms with Gasteiger partial charge in [-0.2, -0.15) is 13.2 Å². The molecule has 1 N–H and O–H groups in total. The molecule has 3 heterocycles. The van der Waals surface area contributed by atoms with Crippen molar-refractivity contribution >= 4 is 5.78 Å². The number of nitrogens with one attached hydrogen (secondary N) is 1. The number of nitrogens with zero attached hydrogens (tertiary/aromatic N) is 2. The maximum Gasteiger partial charge on any atom is 0.451 e. The van der Waals surface area contributed by atoms with Crippen molar-refractivity contribution in [2.75, 3.05) is 13.2 Å². The van der Waals surface area contributed by atoms with Crippen molar-refractivity contribution in [1.29, 1.82) is 0 Å². The summed E-state index contributed by atoms with van der Waals surface area (Å²) in [7, 11) is 0. The number of carbonyl (C=O) groups excluding carboxylic acids is 1. The van der Waals surface area contributed by atoms with Gasteiger partial charge >= 0.3 is 6.18 Å². The minimum absolute atomic E-state index is 0.127. The SMILES string of the molecule is O=C(c1cnc(C(F)(F)F)nc1)C1CC2COCC(C1)N2. The van der Waals surface area contributed by atoms with Crippen LogP contribution >= 0.6 is 0 Å². The normalized spacial score (nSPS) is 29.2. The van der Waals surface area contributed by atoms with Crippen LogP contribution in [0.4, 0.5) is 13.2 Å². The maximum absolute atomic E-state index is 12.4. The smallest absolute Gasteiger partial charge is 0.378 e. The number of carbonyl (C=O) groups is 1. The second-order valence-electron chi connectivity index (χ2n) is 5.42. The summed E-state index contributed by atoms with van der Waals surface area (Å²) in [6.07, 6.45) is -1.42. The molecular weight excluding hydrogens is 287 g/mol. The molecule has 0 amide bonds. The third-order valence-electron chi connectivity index (χ3n) is 3.81. The minimum Gasteiger partial charge on any atom is -0.378 e. The maximum atomic E-state index is 12.4. The Bertz CT molecular complexity index is 520. The number of alkyl halides is 3. The molecule has 1 aromatic heterocycles. The highest BCUT2D eigenvalue weighted by Crippen LogP contribution is 2.28. The Labute approximate surface area is 118 Å². The molecule has 0 saturated carbocycles. The van der Waals surface area contributed by atoms with E-state index in [0.717, 1.165) is 12.4 Å². The fraction of sp³-hybridized carbons (Fsp3) is 0.615. The van der Waals surface area contributed by atoms with Crippen molar-refractivity contribution in [2.24, 2.45) is 5.92 Å². The quantitative estimate of drug-likeness (QED) is 0.838. The first-order chi connectivity index (χ1) is 9.93. The fourth-order valence-electron chi connectivity index (χ4n) is 2.89. The van der Waals surface area contributed by atoms with Gasteiger partial charge in [0.1, 0.15) is 0 Å².